The summed E-state index contributed by atoms with van der Waals surface area (Å²) in [4.78, 5) is 30.4. The van der Waals surface area contributed by atoms with Crippen molar-refractivity contribution in [2.24, 2.45) is 5.92 Å². The predicted octanol–water partition coefficient (Wildman–Crippen LogP) is 4.94. The van der Waals surface area contributed by atoms with Gasteiger partial charge in [-0.2, -0.15) is 0 Å². The summed E-state index contributed by atoms with van der Waals surface area (Å²) in [6.07, 6.45) is 0. The first-order chi connectivity index (χ1) is 14.8. The Hall–Kier alpha value is -2.90. The van der Waals surface area contributed by atoms with Crippen molar-refractivity contribution in [1.82, 2.24) is 10.3 Å². The van der Waals surface area contributed by atoms with Crippen LogP contribution in [0.4, 0.5) is 5.13 Å². The molecule has 8 heteroatoms. The molecule has 0 spiro atoms. The number of nitrogens with one attached hydrogen (secondary N) is 1. The minimum Gasteiger partial charge on any atom is -0.480 e. The van der Waals surface area contributed by atoms with Crippen molar-refractivity contribution in [2.75, 3.05) is 11.9 Å². The quantitative estimate of drug-likeness (QED) is 0.500. The molecule has 0 radical (unpaired) electrons. The van der Waals surface area contributed by atoms with Crippen LogP contribution in [0.2, 0.25) is 5.02 Å². The van der Waals surface area contributed by atoms with Crippen LogP contribution in [0.15, 0.2) is 53.9 Å². The van der Waals surface area contributed by atoms with Crippen LogP contribution in [0.25, 0.3) is 11.3 Å². The maximum Gasteiger partial charge on any atom is 0.326 e. The number of rotatable bonds is 8. The number of thiazole rings is 1. The summed E-state index contributed by atoms with van der Waals surface area (Å²) in [5.74, 6) is -1.64. The van der Waals surface area contributed by atoms with Crippen LogP contribution in [-0.4, -0.2) is 35.1 Å². The Labute approximate surface area is 190 Å². The molecule has 1 unspecified atom stereocenters. The highest BCUT2D eigenvalue weighted by atomic mass is 35.5. The molecule has 0 aliphatic carbocycles. The van der Waals surface area contributed by atoms with E-state index in [4.69, 9.17) is 11.6 Å². The first-order valence-electron chi connectivity index (χ1n) is 9.80. The maximum atomic E-state index is 12.4. The third-order valence-electron chi connectivity index (χ3n) is 4.82. The number of hydrogen-bond acceptors (Lipinski definition) is 5. The number of carbonyl (C=O) groups is 2. The number of amides is 1. The van der Waals surface area contributed by atoms with Gasteiger partial charge in [-0.15, -0.1) is 11.3 Å². The van der Waals surface area contributed by atoms with E-state index in [-0.39, 0.29) is 5.92 Å². The number of anilines is 1. The molecule has 0 fully saturated rings. The summed E-state index contributed by atoms with van der Waals surface area (Å²) in [5, 5.41) is 15.3. The molecule has 0 saturated carbocycles. The maximum absolute atomic E-state index is 12.4. The van der Waals surface area contributed by atoms with E-state index < -0.39 is 17.9 Å². The number of halogens is 1. The van der Waals surface area contributed by atoms with Crippen molar-refractivity contribution in [3.63, 3.8) is 0 Å². The fraction of sp³-hybridized carbons (Fsp3) is 0.261. The van der Waals surface area contributed by atoms with Crippen molar-refractivity contribution in [2.45, 2.75) is 26.4 Å². The Kier molecular flexibility index (Phi) is 7.30. The number of carboxylic acid groups (broad SMARTS) is 1. The molecule has 1 atom stereocenters. The lowest BCUT2D eigenvalue weighted by Crippen LogP contribution is -2.44. The number of aliphatic carboxylic acids is 1. The zero-order chi connectivity index (χ0) is 22.5. The van der Waals surface area contributed by atoms with Gasteiger partial charge in [-0.05, 0) is 29.7 Å². The number of hydrogen-bond donors (Lipinski definition) is 2. The van der Waals surface area contributed by atoms with Crippen molar-refractivity contribution < 1.29 is 14.7 Å². The second kappa shape index (κ2) is 9.94. The molecule has 0 bridgehead atoms. The Bertz CT molecular complexity index is 1070. The van der Waals surface area contributed by atoms with Gasteiger partial charge in [0.25, 0.3) is 5.91 Å². The van der Waals surface area contributed by atoms with Crippen molar-refractivity contribution in [3.05, 3.63) is 70.1 Å². The zero-order valence-corrected chi connectivity index (χ0v) is 19.1. The molecule has 2 N–H and O–H groups in total. The third-order valence-corrected chi connectivity index (χ3v) is 6.11. The molecule has 2 aromatic carbocycles. The smallest absolute Gasteiger partial charge is 0.326 e. The van der Waals surface area contributed by atoms with Crippen LogP contribution in [-0.2, 0) is 11.3 Å². The number of benzene rings is 2. The summed E-state index contributed by atoms with van der Waals surface area (Å²) in [5.41, 5.74) is 3.17. The molecule has 1 heterocycles. The molecule has 0 aliphatic heterocycles. The fourth-order valence-electron chi connectivity index (χ4n) is 3.07. The van der Waals surface area contributed by atoms with Crippen LogP contribution in [0.1, 0.15) is 29.8 Å². The average Bonchev–Trinajstić information content (AvgIpc) is 3.22. The molecule has 6 nitrogen and oxygen atoms in total. The van der Waals surface area contributed by atoms with Crippen LogP contribution in [0.3, 0.4) is 0 Å². The molecular weight excluding hydrogens is 434 g/mol. The Morgan fingerprint density at radius 3 is 2.45 bits per heavy atom. The molecule has 1 aromatic heterocycles. The van der Waals surface area contributed by atoms with E-state index in [1.54, 1.807) is 26.0 Å². The second-order valence-electron chi connectivity index (χ2n) is 7.58. The van der Waals surface area contributed by atoms with Crippen molar-refractivity contribution in [1.29, 1.82) is 0 Å². The normalized spacial score (nSPS) is 11.9. The lowest BCUT2D eigenvalue weighted by atomic mass is 10.0. The predicted molar refractivity (Wildman–Crippen MR) is 125 cm³/mol. The molecular formula is C23H24ClN3O3S. The van der Waals surface area contributed by atoms with Crippen LogP contribution in [0, 0.1) is 5.92 Å². The molecule has 0 aliphatic rings. The van der Waals surface area contributed by atoms with Crippen molar-refractivity contribution in [3.8, 4) is 11.3 Å². The summed E-state index contributed by atoms with van der Waals surface area (Å²) < 4.78 is 0. The highest BCUT2D eigenvalue weighted by molar-refractivity contribution is 7.14. The van der Waals surface area contributed by atoms with E-state index in [0.29, 0.717) is 17.1 Å². The van der Waals surface area contributed by atoms with Gasteiger partial charge in [-0.1, -0.05) is 55.8 Å². The molecule has 0 saturated heterocycles. The summed E-state index contributed by atoms with van der Waals surface area (Å²) in [6, 6.07) is 13.8. The number of carbonyl (C=O) groups excluding carboxylic acids is 1. The molecule has 1 amide bonds. The van der Waals surface area contributed by atoms with E-state index >= 15 is 0 Å². The molecule has 162 valence electrons. The highest BCUT2D eigenvalue weighted by Crippen LogP contribution is 2.31. The fourth-order valence-corrected chi connectivity index (χ4v) is 4.10. The van der Waals surface area contributed by atoms with Gasteiger partial charge >= 0.3 is 5.97 Å². The van der Waals surface area contributed by atoms with Crippen molar-refractivity contribution >= 4 is 39.9 Å². The topological polar surface area (TPSA) is 82.5 Å². The van der Waals surface area contributed by atoms with E-state index in [1.165, 1.54) is 11.3 Å². The van der Waals surface area contributed by atoms with Gasteiger partial charge in [-0.3, -0.25) is 4.79 Å². The SMILES string of the molecule is CC(C)C(NC(=O)c1ccc(CN(C)c2nc(-c3ccccc3Cl)cs2)cc1)C(=O)O. The summed E-state index contributed by atoms with van der Waals surface area (Å²) in [6.45, 7) is 4.13. The van der Waals surface area contributed by atoms with Gasteiger partial charge in [0.2, 0.25) is 0 Å². The molecule has 31 heavy (non-hydrogen) atoms. The van der Waals surface area contributed by atoms with E-state index in [0.717, 1.165) is 22.0 Å². The average molecular weight is 458 g/mol. The lowest BCUT2D eigenvalue weighted by molar-refractivity contribution is -0.140. The Morgan fingerprint density at radius 1 is 1.16 bits per heavy atom. The first-order valence-corrected chi connectivity index (χ1v) is 11.1. The van der Waals surface area contributed by atoms with Gasteiger partial charge in [-0.25, -0.2) is 9.78 Å². The second-order valence-corrected chi connectivity index (χ2v) is 8.83. The Morgan fingerprint density at radius 2 is 1.84 bits per heavy atom. The van der Waals surface area contributed by atoms with Gasteiger partial charge in [0, 0.05) is 35.1 Å². The standard InChI is InChI=1S/C23H24ClN3O3S/c1-14(2)20(22(29)30)26-21(28)16-10-8-15(9-11-16)12-27(3)23-25-19(13-31-23)17-6-4-5-7-18(17)24/h4-11,13-14,20H,12H2,1-3H3,(H,26,28)(H,29,30). The van der Waals surface area contributed by atoms with Gasteiger partial charge in [0.05, 0.1) is 5.69 Å². The van der Waals surface area contributed by atoms with Crippen LogP contribution in [0.5, 0.6) is 0 Å². The Balaban J connectivity index is 1.65. The number of nitrogens with zero attached hydrogens (tertiary/aromatic N) is 2. The summed E-state index contributed by atoms with van der Waals surface area (Å²) in [7, 11) is 1.95. The van der Waals surface area contributed by atoms with Crippen LogP contribution < -0.4 is 10.2 Å². The number of aromatic nitrogens is 1. The monoisotopic (exact) mass is 457 g/mol. The van der Waals surface area contributed by atoms with Gasteiger partial charge in [0.15, 0.2) is 5.13 Å². The molecule has 3 rings (SSSR count). The van der Waals surface area contributed by atoms with E-state index in [9.17, 15) is 14.7 Å². The highest BCUT2D eigenvalue weighted by Gasteiger charge is 2.23. The number of carboxylic acids is 1. The van der Waals surface area contributed by atoms with Crippen LogP contribution >= 0.6 is 22.9 Å². The van der Waals surface area contributed by atoms with Gasteiger partial charge < -0.3 is 15.3 Å². The molecule has 3 aromatic rings. The largest absolute Gasteiger partial charge is 0.480 e. The lowest BCUT2D eigenvalue weighted by Gasteiger charge is -2.18. The zero-order valence-electron chi connectivity index (χ0n) is 17.5. The van der Waals surface area contributed by atoms with E-state index in [1.807, 2.05) is 53.7 Å². The first kappa shape index (κ1) is 22.8. The van der Waals surface area contributed by atoms with E-state index in [2.05, 4.69) is 10.3 Å². The summed E-state index contributed by atoms with van der Waals surface area (Å²) >= 11 is 7.81. The third kappa shape index (κ3) is 5.62. The minimum atomic E-state index is -1.04. The minimum absolute atomic E-state index is 0.205. The van der Waals surface area contributed by atoms with Gasteiger partial charge in [0.1, 0.15) is 6.04 Å².